The molecule has 0 aliphatic carbocycles. The highest BCUT2D eigenvalue weighted by Crippen LogP contribution is 2.30. The zero-order valence-electron chi connectivity index (χ0n) is 8.82. The van der Waals surface area contributed by atoms with Crippen LogP contribution in [0.1, 0.15) is 19.8 Å². The molecule has 6 heteroatoms. The van der Waals surface area contributed by atoms with E-state index in [0.29, 0.717) is 11.4 Å². The SMILES string of the molecule is CC1(CNc2nc(N)ns2)CCOCC1. The van der Waals surface area contributed by atoms with Crippen molar-refractivity contribution in [1.82, 2.24) is 9.36 Å². The van der Waals surface area contributed by atoms with Crippen molar-refractivity contribution in [3.05, 3.63) is 0 Å². The zero-order valence-corrected chi connectivity index (χ0v) is 9.64. The van der Waals surface area contributed by atoms with Crippen molar-refractivity contribution >= 4 is 22.6 Å². The molecule has 0 saturated carbocycles. The van der Waals surface area contributed by atoms with Gasteiger partial charge in [-0.25, -0.2) is 0 Å². The van der Waals surface area contributed by atoms with Gasteiger partial charge in [0, 0.05) is 31.3 Å². The summed E-state index contributed by atoms with van der Waals surface area (Å²) in [7, 11) is 0. The Hall–Kier alpha value is -0.880. The largest absolute Gasteiger partial charge is 0.381 e. The van der Waals surface area contributed by atoms with Crippen LogP contribution in [0, 0.1) is 5.41 Å². The Morgan fingerprint density at radius 1 is 1.53 bits per heavy atom. The van der Waals surface area contributed by atoms with Crippen molar-refractivity contribution in [2.24, 2.45) is 5.41 Å². The minimum absolute atomic E-state index is 0.304. The van der Waals surface area contributed by atoms with E-state index in [1.54, 1.807) is 0 Å². The second-order valence-corrected chi connectivity index (χ2v) is 4.99. The van der Waals surface area contributed by atoms with Gasteiger partial charge < -0.3 is 15.8 Å². The molecule has 0 spiro atoms. The summed E-state index contributed by atoms with van der Waals surface area (Å²) in [6, 6.07) is 0. The second kappa shape index (κ2) is 4.32. The molecule has 0 aromatic carbocycles. The maximum Gasteiger partial charge on any atom is 0.233 e. The van der Waals surface area contributed by atoms with Crippen LogP contribution in [0.4, 0.5) is 11.1 Å². The summed E-state index contributed by atoms with van der Waals surface area (Å²) in [5, 5.41) is 4.09. The Bertz CT molecular complexity index is 322. The highest BCUT2D eigenvalue weighted by Gasteiger charge is 2.27. The number of anilines is 2. The first-order valence-corrected chi connectivity index (χ1v) is 5.86. The first kappa shape index (κ1) is 10.6. The van der Waals surface area contributed by atoms with E-state index in [1.807, 2.05) is 0 Å². The van der Waals surface area contributed by atoms with Gasteiger partial charge in [-0.2, -0.15) is 9.36 Å². The van der Waals surface area contributed by atoms with Crippen LogP contribution in [-0.4, -0.2) is 29.1 Å². The van der Waals surface area contributed by atoms with Crippen LogP contribution in [0.15, 0.2) is 0 Å². The molecule has 1 aromatic rings. The number of hydrogen-bond donors (Lipinski definition) is 2. The van der Waals surface area contributed by atoms with E-state index in [0.717, 1.165) is 37.7 Å². The molecule has 1 fully saturated rings. The fourth-order valence-electron chi connectivity index (χ4n) is 1.64. The van der Waals surface area contributed by atoms with Gasteiger partial charge in [0.2, 0.25) is 11.1 Å². The number of nitrogens with two attached hydrogens (primary N) is 1. The summed E-state index contributed by atoms with van der Waals surface area (Å²) in [6.07, 6.45) is 2.18. The zero-order chi connectivity index (χ0) is 10.7. The number of hydrogen-bond acceptors (Lipinski definition) is 6. The minimum atomic E-state index is 0.304. The lowest BCUT2D eigenvalue weighted by atomic mass is 9.82. The number of nitrogens with zero attached hydrogens (tertiary/aromatic N) is 2. The lowest BCUT2D eigenvalue weighted by Crippen LogP contribution is -2.33. The second-order valence-electron chi connectivity index (χ2n) is 4.23. The molecule has 1 saturated heterocycles. The van der Waals surface area contributed by atoms with Crippen LogP contribution in [0.5, 0.6) is 0 Å². The van der Waals surface area contributed by atoms with Crippen LogP contribution in [0.3, 0.4) is 0 Å². The summed E-state index contributed by atoms with van der Waals surface area (Å²) >= 11 is 1.31. The van der Waals surface area contributed by atoms with Crippen LogP contribution in [0.2, 0.25) is 0 Å². The third-order valence-electron chi connectivity index (χ3n) is 2.81. The number of nitrogens with one attached hydrogen (secondary N) is 1. The average molecular weight is 228 g/mol. The molecule has 3 N–H and O–H groups in total. The van der Waals surface area contributed by atoms with E-state index >= 15 is 0 Å². The van der Waals surface area contributed by atoms with Crippen molar-refractivity contribution < 1.29 is 4.74 Å². The third kappa shape index (κ3) is 2.79. The summed E-state index contributed by atoms with van der Waals surface area (Å²) in [5.41, 5.74) is 5.75. The summed E-state index contributed by atoms with van der Waals surface area (Å²) in [4.78, 5) is 4.07. The number of rotatable bonds is 3. The minimum Gasteiger partial charge on any atom is -0.381 e. The van der Waals surface area contributed by atoms with Gasteiger partial charge in [-0.1, -0.05) is 6.92 Å². The fraction of sp³-hybridized carbons (Fsp3) is 0.778. The molecule has 1 aliphatic heterocycles. The van der Waals surface area contributed by atoms with Gasteiger partial charge in [-0.3, -0.25) is 0 Å². The Kier molecular flexibility index (Phi) is 3.06. The molecule has 0 amide bonds. The molecule has 0 radical (unpaired) electrons. The third-order valence-corrected chi connectivity index (χ3v) is 3.49. The molecular weight excluding hydrogens is 212 g/mol. The Labute approximate surface area is 93.2 Å². The molecular formula is C9H16N4OS. The monoisotopic (exact) mass is 228 g/mol. The molecule has 2 heterocycles. The van der Waals surface area contributed by atoms with Gasteiger partial charge in [0.25, 0.3) is 0 Å². The summed E-state index contributed by atoms with van der Waals surface area (Å²) < 4.78 is 9.27. The first-order chi connectivity index (χ1) is 7.18. The van der Waals surface area contributed by atoms with Crippen molar-refractivity contribution in [2.45, 2.75) is 19.8 Å². The van der Waals surface area contributed by atoms with Gasteiger partial charge in [0.1, 0.15) is 0 Å². The van der Waals surface area contributed by atoms with E-state index in [4.69, 9.17) is 10.5 Å². The first-order valence-electron chi connectivity index (χ1n) is 5.09. The number of ether oxygens (including phenoxy) is 1. The summed E-state index contributed by atoms with van der Waals surface area (Å²) in [6.45, 7) is 4.89. The average Bonchev–Trinajstić information content (AvgIpc) is 2.63. The number of nitrogen functional groups attached to an aromatic ring is 1. The van der Waals surface area contributed by atoms with Gasteiger partial charge in [0.05, 0.1) is 0 Å². The van der Waals surface area contributed by atoms with Crippen LogP contribution >= 0.6 is 11.5 Å². The smallest absolute Gasteiger partial charge is 0.233 e. The predicted octanol–water partition coefficient (Wildman–Crippen LogP) is 1.35. The molecule has 15 heavy (non-hydrogen) atoms. The van der Waals surface area contributed by atoms with Gasteiger partial charge in [-0.05, 0) is 18.3 Å². The van der Waals surface area contributed by atoms with E-state index in [1.165, 1.54) is 11.5 Å². The van der Waals surface area contributed by atoms with E-state index in [2.05, 4.69) is 21.6 Å². The Morgan fingerprint density at radius 2 is 2.27 bits per heavy atom. The lowest BCUT2D eigenvalue weighted by Gasteiger charge is -2.33. The van der Waals surface area contributed by atoms with E-state index < -0.39 is 0 Å². The molecule has 5 nitrogen and oxygen atoms in total. The molecule has 0 unspecified atom stereocenters. The van der Waals surface area contributed by atoms with Crippen molar-refractivity contribution in [1.29, 1.82) is 0 Å². The lowest BCUT2D eigenvalue weighted by molar-refractivity contribution is 0.0300. The highest BCUT2D eigenvalue weighted by molar-refractivity contribution is 7.09. The van der Waals surface area contributed by atoms with Gasteiger partial charge >= 0.3 is 0 Å². The molecule has 1 aromatic heterocycles. The molecule has 0 bridgehead atoms. The van der Waals surface area contributed by atoms with Crippen molar-refractivity contribution in [3.63, 3.8) is 0 Å². The standard InChI is InChI=1S/C9H16N4OS/c1-9(2-4-14-5-3-9)6-11-8-12-7(10)13-15-8/h2-6H2,1H3,(H3,10,11,12,13). The predicted molar refractivity (Wildman–Crippen MR) is 61.0 cm³/mol. The van der Waals surface area contributed by atoms with Gasteiger partial charge in [0.15, 0.2) is 0 Å². The molecule has 84 valence electrons. The van der Waals surface area contributed by atoms with E-state index in [-0.39, 0.29) is 0 Å². The van der Waals surface area contributed by atoms with Crippen molar-refractivity contribution in [3.8, 4) is 0 Å². The number of aromatic nitrogens is 2. The summed E-state index contributed by atoms with van der Waals surface area (Å²) in [5.74, 6) is 0.347. The normalized spacial score (nSPS) is 20.1. The van der Waals surface area contributed by atoms with E-state index in [9.17, 15) is 0 Å². The molecule has 0 atom stereocenters. The van der Waals surface area contributed by atoms with Gasteiger partial charge in [-0.15, -0.1) is 0 Å². The van der Waals surface area contributed by atoms with Crippen molar-refractivity contribution in [2.75, 3.05) is 30.8 Å². The topological polar surface area (TPSA) is 73.1 Å². The Balaban J connectivity index is 1.86. The van der Waals surface area contributed by atoms with Crippen LogP contribution < -0.4 is 11.1 Å². The molecule has 1 aliphatic rings. The van der Waals surface area contributed by atoms with Crippen LogP contribution in [-0.2, 0) is 4.74 Å². The maximum absolute atomic E-state index is 5.45. The quantitative estimate of drug-likeness (QED) is 0.817. The highest BCUT2D eigenvalue weighted by atomic mass is 32.1. The maximum atomic E-state index is 5.45. The van der Waals surface area contributed by atoms with Crippen LogP contribution in [0.25, 0.3) is 0 Å². The fourth-order valence-corrected chi connectivity index (χ4v) is 2.13. The Morgan fingerprint density at radius 3 is 2.87 bits per heavy atom. The molecule has 2 rings (SSSR count).